The van der Waals surface area contributed by atoms with E-state index in [2.05, 4.69) is 56.1 Å². The van der Waals surface area contributed by atoms with Crippen molar-refractivity contribution in [2.75, 3.05) is 18.0 Å². The van der Waals surface area contributed by atoms with Gasteiger partial charge in [0.2, 0.25) is 5.91 Å². The van der Waals surface area contributed by atoms with Crippen molar-refractivity contribution >= 4 is 11.6 Å². The van der Waals surface area contributed by atoms with E-state index in [0.29, 0.717) is 0 Å². The molecule has 1 aromatic carbocycles. The van der Waals surface area contributed by atoms with Crippen LogP contribution < -0.4 is 16.0 Å². The fraction of sp³-hybridized carbons (Fsp3) is 0.588. The van der Waals surface area contributed by atoms with Crippen LogP contribution in [0.3, 0.4) is 0 Å². The highest BCUT2D eigenvalue weighted by Gasteiger charge is 2.26. The minimum absolute atomic E-state index is 0.00691. The molecule has 1 aliphatic rings. The van der Waals surface area contributed by atoms with Crippen LogP contribution in [-0.2, 0) is 11.3 Å². The van der Waals surface area contributed by atoms with Gasteiger partial charge in [-0.05, 0) is 57.4 Å². The minimum atomic E-state index is -0.180. The Morgan fingerprint density at radius 2 is 2.14 bits per heavy atom. The fourth-order valence-corrected chi connectivity index (χ4v) is 2.66. The molecule has 3 N–H and O–H groups in total. The maximum absolute atomic E-state index is 11.3. The van der Waals surface area contributed by atoms with E-state index in [1.807, 2.05) is 0 Å². The highest BCUT2D eigenvalue weighted by Crippen LogP contribution is 2.26. The zero-order valence-electron chi connectivity index (χ0n) is 13.6. The second kappa shape index (κ2) is 6.06. The summed E-state index contributed by atoms with van der Waals surface area (Å²) in [6.45, 7) is 11.2. The lowest BCUT2D eigenvalue weighted by molar-refractivity contribution is -0.121. The first kappa shape index (κ1) is 15.8. The molecular weight excluding hydrogens is 262 g/mol. The average Bonchev–Trinajstić information content (AvgIpc) is 2.85. The summed E-state index contributed by atoms with van der Waals surface area (Å²) in [4.78, 5) is 13.5. The third kappa shape index (κ3) is 4.21. The van der Waals surface area contributed by atoms with Gasteiger partial charge >= 0.3 is 0 Å². The summed E-state index contributed by atoms with van der Waals surface area (Å²) >= 11 is 0. The van der Waals surface area contributed by atoms with E-state index in [1.165, 1.54) is 16.8 Å². The van der Waals surface area contributed by atoms with Crippen LogP contribution in [-0.4, -0.2) is 24.5 Å². The summed E-state index contributed by atoms with van der Waals surface area (Å²) in [6, 6.07) is 6.54. The van der Waals surface area contributed by atoms with Gasteiger partial charge in [-0.15, -0.1) is 0 Å². The molecule has 0 saturated carbocycles. The van der Waals surface area contributed by atoms with Gasteiger partial charge in [0.1, 0.15) is 0 Å². The Balaban J connectivity index is 2.04. The Kier molecular flexibility index (Phi) is 4.57. The first-order valence-electron chi connectivity index (χ1n) is 7.65. The number of carbonyl (C=O) groups is 1. The number of hydrogen-bond acceptors (Lipinski definition) is 3. The van der Waals surface area contributed by atoms with Gasteiger partial charge in [0.05, 0.1) is 5.92 Å². The number of benzene rings is 1. The molecule has 1 aliphatic heterocycles. The summed E-state index contributed by atoms with van der Waals surface area (Å²) in [6.07, 6.45) is 0.863. The number of hydrogen-bond donors (Lipinski definition) is 2. The van der Waals surface area contributed by atoms with Crippen LogP contribution in [0.15, 0.2) is 18.2 Å². The predicted octanol–water partition coefficient (Wildman–Crippen LogP) is 2.19. The van der Waals surface area contributed by atoms with Crippen molar-refractivity contribution in [3.05, 3.63) is 29.3 Å². The lowest BCUT2D eigenvalue weighted by Gasteiger charge is -2.23. The minimum Gasteiger partial charge on any atom is -0.371 e. The molecule has 0 spiro atoms. The van der Waals surface area contributed by atoms with E-state index in [4.69, 9.17) is 5.73 Å². The lowest BCUT2D eigenvalue weighted by atomic mass is 10.0. The van der Waals surface area contributed by atoms with Crippen LogP contribution in [0.4, 0.5) is 5.69 Å². The first-order chi connectivity index (χ1) is 9.76. The van der Waals surface area contributed by atoms with E-state index in [-0.39, 0.29) is 17.4 Å². The number of carbonyl (C=O) groups excluding carboxylic acids is 1. The van der Waals surface area contributed by atoms with Crippen LogP contribution in [0.25, 0.3) is 0 Å². The monoisotopic (exact) mass is 289 g/mol. The highest BCUT2D eigenvalue weighted by atomic mass is 16.1. The van der Waals surface area contributed by atoms with Gasteiger partial charge in [-0.25, -0.2) is 0 Å². The third-order valence-corrected chi connectivity index (χ3v) is 4.09. The molecule has 0 aliphatic carbocycles. The molecule has 4 heteroatoms. The summed E-state index contributed by atoms with van der Waals surface area (Å²) in [7, 11) is 0. The van der Waals surface area contributed by atoms with Crippen LogP contribution >= 0.6 is 0 Å². The molecule has 0 aromatic heterocycles. The van der Waals surface area contributed by atoms with Crippen molar-refractivity contribution in [2.24, 2.45) is 11.7 Å². The van der Waals surface area contributed by atoms with Gasteiger partial charge in [0.25, 0.3) is 0 Å². The van der Waals surface area contributed by atoms with E-state index >= 15 is 0 Å². The number of aryl methyl sites for hydroxylation is 1. The summed E-state index contributed by atoms with van der Waals surface area (Å²) in [5.41, 5.74) is 9.31. The molecule has 21 heavy (non-hydrogen) atoms. The number of primary amides is 1. The van der Waals surface area contributed by atoms with E-state index in [1.54, 1.807) is 0 Å². The Morgan fingerprint density at radius 1 is 1.43 bits per heavy atom. The standard InChI is InChI=1S/C17H27N3O/c1-12-9-15(20-8-7-14(11-20)16(18)21)6-5-13(12)10-19-17(2,3)4/h5-6,9,14,19H,7-8,10-11H2,1-4H3,(H2,18,21). The van der Waals surface area contributed by atoms with E-state index in [9.17, 15) is 4.79 Å². The topological polar surface area (TPSA) is 58.4 Å². The Labute approximate surface area is 127 Å². The van der Waals surface area contributed by atoms with Gasteiger partial charge in [0.15, 0.2) is 0 Å². The van der Waals surface area contributed by atoms with Crippen LogP contribution in [0, 0.1) is 12.8 Å². The second-order valence-corrected chi connectivity index (χ2v) is 7.05. The number of nitrogens with two attached hydrogens (primary N) is 1. The maximum Gasteiger partial charge on any atom is 0.222 e. The molecule has 116 valence electrons. The van der Waals surface area contributed by atoms with Crippen LogP contribution in [0.2, 0.25) is 0 Å². The fourth-order valence-electron chi connectivity index (χ4n) is 2.66. The molecule has 1 saturated heterocycles. The summed E-state index contributed by atoms with van der Waals surface area (Å²) < 4.78 is 0. The first-order valence-corrected chi connectivity index (χ1v) is 7.65. The summed E-state index contributed by atoms with van der Waals surface area (Å²) in [5.74, 6) is -0.187. The Morgan fingerprint density at radius 3 is 2.67 bits per heavy atom. The molecule has 2 rings (SSSR count). The molecule has 0 bridgehead atoms. The van der Waals surface area contributed by atoms with Crippen LogP contribution in [0.1, 0.15) is 38.3 Å². The van der Waals surface area contributed by atoms with Gasteiger partial charge < -0.3 is 16.0 Å². The quantitative estimate of drug-likeness (QED) is 0.893. The van der Waals surface area contributed by atoms with Gasteiger partial charge in [0, 0.05) is 30.9 Å². The van der Waals surface area contributed by atoms with Gasteiger partial charge in [-0.3, -0.25) is 4.79 Å². The third-order valence-electron chi connectivity index (χ3n) is 4.09. The second-order valence-electron chi connectivity index (χ2n) is 7.05. The number of nitrogens with zero attached hydrogens (tertiary/aromatic N) is 1. The molecule has 1 atom stereocenters. The number of rotatable bonds is 4. The molecule has 0 radical (unpaired) electrons. The zero-order chi connectivity index (χ0) is 15.6. The van der Waals surface area contributed by atoms with Crippen molar-refractivity contribution in [1.82, 2.24) is 5.32 Å². The average molecular weight is 289 g/mol. The van der Waals surface area contributed by atoms with E-state index in [0.717, 1.165) is 26.1 Å². The largest absolute Gasteiger partial charge is 0.371 e. The van der Waals surface area contributed by atoms with Gasteiger partial charge in [-0.2, -0.15) is 0 Å². The van der Waals surface area contributed by atoms with Crippen molar-refractivity contribution < 1.29 is 4.79 Å². The molecule has 1 aromatic rings. The number of anilines is 1. The van der Waals surface area contributed by atoms with Crippen molar-refractivity contribution in [1.29, 1.82) is 0 Å². The molecular formula is C17H27N3O. The molecule has 4 nitrogen and oxygen atoms in total. The Hall–Kier alpha value is -1.55. The molecule has 1 heterocycles. The zero-order valence-corrected chi connectivity index (χ0v) is 13.6. The van der Waals surface area contributed by atoms with Crippen molar-refractivity contribution in [2.45, 2.75) is 46.2 Å². The number of nitrogens with one attached hydrogen (secondary N) is 1. The van der Waals surface area contributed by atoms with Gasteiger partial charge in [-0.1, -0.05) is 6.07 Å². The summed E-state index contributed by atoms with van der Waals surface area (Å²) in [5, 5.41) is 3.52. The SMILES string of the molecule is Cc1cc(N2CCC(C(N)=O)C2)ccc1CNC(C)(C)C. The predicted molar refractivity (Wildman–Crippen MR) is 87.3 cm³/mol. The highest BCUT2D eigenvalue weighted by molar-refractivity contribution is 5.78. The molecule has 1 fully saturated rings. The Bertz CT molecular complexity index is 519. The lowest BCUT2D eigenvalue weighted by Crippen LogP contribution is -2.35. The van der Waals surface area contributed by atoms with Crippen molar-refractivity contribution in [3.63, 3.8) is 0 Å². The van der Waals surface area contributed by atoms with Crippen LogP contribution in [0.5, 0.6) is 0 Å². The molecule has 1 amide bonds. The number of amides is 1. The normalized spacial score (nSPS) is 19.0. The molecule has 1 unspecified atom stereocenters. The van der Waals surface area contributed by atoms with E-state index < -0.39 is 0 Å². The van der Waals surface area contributed by atoms with Crippen molar-refractivity contribution in [3.8, 4) is 0 Å². The maximum atomic E-state index is 11.3. The smallest absolute Gasteiger partial charge is 0.222 e.